The smallest absolute Gasteiger partial charge is 0.329 e. The average Bonchev–Trinajstić information content (AvgIpc) is 3.07. The molecule has 0 radical (unpaired) electrons. The van der Waals surface area contributed by atoms with E-state index in [-0.39, 0.29) is 17.9 Å². The quantitative estimate of drug-likeness (QED) is 0.779. The third-order valence-corrected chi connectivity index (χ3v) is 4.10. The van der Waals surface area contributed by atoms with E-state index in [0.29, 0.717) is 19.6 Å². The van der Waals surface area contributed by atoms with Crippen LogP contribution < -0.4 is 0 Å². The third-order valence-electron chi connectivity index (χ3n) is 3.25. The minimum Gasteiger partial charge on any atom is -0.458 e. The van der Waals surface area contributed by atoms with E-state index in [1.54, 1.807) is 16.2 Å². The van der Waals surface area contributed by atoms with E-state index in [0.717, 1.165) is 24.1 Å². The summed E-state index contributed by atoms with van der Waals surface area (Å²) in [6, 6.07) is 3.49. The van der Waals surface area contributed by atoms with Crippen molar-refractivity contribution in [2.45, 2.75) is 45.3 Å². The molecule has 0 aliphatic carbocycles. The van der Waals surface area contributed by atoms with Gasteiger partial charge in [-0.3, -0.25) is 4.79 Å². The van der Waals surface area contributed by atoms with Gasteiger partial charge in [-0.25, -0.2) is 4.79 Å². The highest BCUT2D eigenvalue weighted by molar-refractivity contribution is 7.09. The first-order chi connectivity index (χ1) is 9.22. The molecular formula is C14H19NO3S. The molecule has 0 aromatic carbocycles. The minimum atomic E-state index is -0.376. The Balaban J connectivity index is 1.88. The number of rotatable bonds is 5. The van der Waals surface area contributed by atoms with E-state index >= 15 is 0 Å². The van der Waals surface area contributed by atoms with Crippen molar-refractivity contribution >= 4 is 23.2 Å². The summed E-state index contributed by atoms with van der Waals surface area (Å²) in [4.78, 5) is 26.7. The van der Waals surface area contributed by atoms with Crippen LogP contribution >= 0.6 is 11.3 Å². The van der Waals surface area contributed by atoms with Crippen molar-refractivity contribution in [3.8, 4) is 0 Å². The Bertz CT molecular complexity index is 430. The van der Waals surface area contributed by atoms with E-state index in [9.17, 15) is 9.59 Å². The fourth-order valence-corrected chi connectivity index (χ4v) is 2.92. The molecule has 1 atom stereocenters. The molecule has 19 heavy (non-hydrogen) atoms. The van der Waals surface area contributed by atoms with Crippen LogP contribution in [0.25, 0.3) is 0 Å². The van der Waals surface area contributed by atoms with Crippen LogP contribution in [0.15, 0.2) is 17.5 Å². The van der Waals surface area contributed by atoms with Gasteiger partial charge in [0.15, 0.2) is 0 Å². The highest BCUT2D eigenvalue weighted by atomic mass is 32.1. The van der Waals surface area contributed by atoms with Gasteiger partial charge in [-0.2, -0.15) is 0 Å². The van der Waals surface area contributed by atoms with Gasteiger partial charge in [-0.05, 0) is 30.7 Å². The predicted molar refractivity (Wildman–Crippen MR) is 73.8 cm³/mol. The predicted octanol–water partition coefficient (Wildman–Crippen LogP) is 2.58. The SMILES string of the molecule is CCCC(=O)N1CCCC1C(=O)OCc1cccs1. The molecule has 1 aromatic rings. The number of ether oxygens (including phenoxy) is 1. The van der Waals surface area contributed by atoms with Crippen molar-refractivity contribution in [2.24, 2.45) is 0 Å². The second kappa shape index (κ2) is 6.70. The largest absolute Gasteiger partial charge is 0.458 e. The summed E-state index contributed by atoms with van der Waals surface area (Å²) in [5, 5.41) is 1.95. The van der Waals surface area contributed by atoms with Crippen LogP contribution in [0.2, 0.25) is 0 Å². The molecule has 5 heteroatoms. The van der Waals surface area contributed by atoms with Crippen molar-refractivity contribution in [2.75, 3.05) is 6.54 Å². The van der Waals surface area contributed by atoms with Gasteiger partial charge in [0.25, 0.3) is 0 Å². The zero-order chi connectivity index (χ0) is 13.7. The number of carbonyl (C=O) groups is 2. The molecular weight excluding hydrogens is 262 g/mol. The maximum Gasteiger partial charge on any atom is 0.329 e. The Hall–Kier alpha value is -1.36. The van der Waals surface area contributed by atoms with Crippen LogP contribution in [0.1, 0.15) is 37.5 Å². The van der Waals surface area contributed by atoms with Crippen LogP contribution in [-0.2, 0) is 20.9 Å². The monoisotopic (exact) mass is 281 g/mol. The van der Waals surface area contributed by atoms with E-state index in [1.165, 1.54) is 0 Å². The summed E-state index contributed by atoms with van der Waals surface area (Å²) in [7, 11) is 0. The molecule has 1 aliphatic heterocycles. The number of amides is 1. The zero-order valence-electron chi connectivity index (χ0n) is 11.1. The van der Waals surface area contributed by atoms with Gasteiger partial charge in [0.2, 0.25) is 5.91 Å². The number of esters is 1. The molecule has 1 saturated heterocycles. The maximum atomic E-state index is 12.0. The Morgan fingerprint density at radius 3 is 3.05 bits per heavy atom. The normalized spacial score (nSPS) is 18.6. The van der Waals surface area contributed by atoms with Gasteiger partial charge in [0, 0.05) is 17.8 Å². The van der Waals surface area contributed by atoms with Crippen molar-refractivity contribution in [3.05, 3.63) is 22.4 Å². The van der Waals surface area contributed by atoms with Crippen LogP contribution in [0.5, 0.6) is 0 Å². The lowest BCUT2D eigenvalue weighted by Gasteiger charge is -2.23. The van der Waals surface area contributed by atoms with Crippen LogP contribution in [0.3, 0.4) is 0 Å². The number of hydrogen-bond acceptors (Lipinski definition) is 4. The van der Waals surface area contributed by atoms with Gasteiger partial charge in [-0.1, -0.05) is 13.0 Å². The van der Waals surface area contributed by atoms with E-state index < -0.39 is 0 Å². The highest BCUT2D eigenvalue weighted by Gasteiger charge is 2.34. The van der Waals surface area contributed by atoms with Crippen molar-refractivity contribution in [3.63, 3.8) is 0 Å². The van der Waals surface area contributed by atoms with Crippen LogP contribution in [0, 0.1) is 0 Å². The Kier molecular flexibility index (Phi) is 4.96. The summed E-state index contributed by atoms with van der Waals surface area (Å²) in [5.41, 5.74) is 0. The Morgan fingerprint density at radius 2 is 2.37 bits per heavy atom. The molecule has 0 N–H and O–H groups in total. The van der Waals surface area contributed by atoms with Gasteiger partial charge >= 0.3 is 5.97 Å². The lowest BCUT2D eigenvalue weighted by Crippen LogP contribution is -2.41. The number of nitrogens with zero attached hydrogens (tertiary/aromatic N) is 1. The number of likely N-dealkylation sites (tertiary alicyclic amines) is 1. The number of thiophene rings is 1. The fourth-order valence-electron chi connectivity index (χ4n) is 2.30. The second-order valence-corrected chi connectivity index (χ2v) is 5.71. The minimum absolute atomic E-state index is 0.0677. The highest BCUT2D eigenvalue weighted by Crippen LogP contribution is 2.21. The molecule has 104 valence electrons. The summed E-state index contributed by atoms with van der Waals surface area (Å²) in [6.45, 7) is 2.96. The van der Waals surface area contributed by atoms with Crippen LogP contribution in [-0.4, -0.2) is 29.4 Å². The average molecular weight is 281 g/mol. The third kappa shape index (κ3) is 3.56. The molecule has 0 saturated carbocycles. The molecule has 2 rings (SSSR count). The van der Waals surface area contributed by atoms with Gasteiger partial charge in [0.1, 0.15) is 12.6 Å². The van der Waals surface area contributed by atoms with E-state index in [2.05, 4.69) is 0 Å². The standard InChI is InChI=1S/C14H19NO3S/c1-2-5-13(16)15-8-3-7-12(15)14(17)18-10-11-6-4-9-19-11/h4,6,9,12H,2-3,5,7-8,10H2,1H3. The summed E-state index contributed by atoms with van der Waals surface area (Å²) in [5.74, 6) is -0.201. The molecule has 1 fully saturated rings. The Labute approximate surface area is 117 Å². The molecule has 4 nitrogen and oxygen atoms in total. The maximum absolute atomic E-state index is 12.0. The van der Waals surface area contributed by atoms with Crippen molar-refractivity contribution in [1.82, 2.24) is 4.90 Å². The van der Waals surface area contributed by atoms with E-state index in [4.69, 9.17) is 4.74 Å². The fraction of sp³-hybridized carbons (Fsp3) is 0.571. The summed E-state index contributed by atoms with van der Waals surface area (Å²) in [6.07, 6.45) is 2.92. The zero-order valence-corrected chi connectivity index (χ0v) is 11.9. The van der Waals surface area contributed by atoms with E-state index in [1.807, 2.05) is 24.4 Å². The molecule has 1 amide bonds. The molecule has 2 heterocycles. The number of carbonyl (C=O) groups excluding carboxylic acids is 2. The molecule has 1 aliphatic rings. The van der Waals surface area contributed by atoms with Gasteiger partial charge in [0.05, 0.1) is 0 Å². The first-order valence-corrected chi connectivity index (χ1v) is 7.59. The first kappa shape index (κ1) is 14.1. The van der Waals surface area contributed by atoms with Crippen molar-refractivity contribution < 1.29 is 14.3 Å². The van der Waals surface area contributed by atoms with Crippen molar-refractivity contribution in [1.29, 1.82) is 0 Å². The molecule has 0 spiro atoms. The van der Waals surface area contributed by atoms with Gasteiger partial charge in [-0.15, -0.1) is 11.3 Å². The topological polar surface area (TPSA) is 46.6 Å². The lowest BCUT2D eigenvalue weighted by atomic mass is 10.2. The second-order valence-electron chi connectivity index (χ2n) is 4.68. The summed E-state index contributed by atoms with van der Waals surface area (Å²) >= 11 is 1.56. The lowest BCUT2D eigenvalue weighted by molar-refractivity contribution is -0.154. The van der Waals surface area contributed by atoms with Gasteiger partial charge < -0.3 is 9.64 Å². The number of hydrogen-bond donors (Lipinski definition) is 0. The first-order valence-electron chi connectivity index (χ1n) is 6.71. The Morgan fingerprint density at radius 1 is 1.53 bits per heavy atom. The molecule has 0 bridgehead atoms. The van der Waals surface area contributed by atoms with Crippen LogP contribution in [0.4, 0.5) is 0 Å². The molecule has 1 unspecified atom stereocenters. The molecule has 1 aromatic heterocycles. The summed E-state index contributed by atoms with van der Waals surface area (Å²) < 4.78 is 5.31.